The van der Waals surface area contributed by atoms with Crippen LogP contribution >= 0.6 is 11.6 Å². The number of alkyl halides is 1. The lowest BCUT2D eigenvalue weighted by atomic mass is 10.1. The van der Waals surface area contributed by atoms with Crippen molar-refractivity contribution < 1.29 is 0 Å². The Morgan fingerprint density at radius 1 is 1.17 bits per heavy atom. The van der Waals surface area contributed by atoms with Crippen molar-refractivity contribution in [2.75, 3.05) is 31.1 Å². The van der Waals surface area contributed by atoms with E-state index in [0.717, 1.165) is 19.1 Å². The van der Waals surface area contributed by atoms with Crippen molar-refractivity contribution in [2.45, 2.75) is 31.7 Å². The second-order valence-electron chi connectivity index (χ2n) is 5.51. The molecule has 2 nitrogen and oxygen atoms in total. The minimum atomic E-state index is 0.608. The first-order valence-electron chi connectivity index (χ1n) is 6.92. The normalized spacial score (nSPS) is 21.3. The van der Waals surface area contributed by atoms with Crippen LogP contribution in [0.4, 0.5) is 5.69 Å². The molecule has 1 aliphatic heterocycles. The second-order valence-corrected chi connectivity index (χ2v) is 5.78. The number of rotatable bonds is 3. The van der Waals surface area contributed by atoms with Crippen LogP contribution in [0.1, 0.15) is 24.0 Å². The van der Waals surface area contributed by atoms with Gasteiger partial charge >= 0.3 is 0 Å². The van der Waals surface area contributed by atoms with E-state index in [2.05, 4.69) is 34.9 Å². The van der Waals surface area contributed by atoms with E-state index in [0.29, 0.717) is 5.88 Å². The number of hydrogen-bond donors (Lipinski definition) is 0. The number of benzene rings is 1. The molecule has 98 valence electrons. The van der Waals surface area contributed by atoms with E-state index >= 15 is 0 Å². The number of aryl methyl sites for hydroxylation is 1. The summed E-state index contributed by atoms with van der Waals surface area (Å²) in [5.41, 5.74) is 3.96. The van der Waals surface area contributed by atoms with Crippen molar-refractivity contribution in [2.24, 2.45) is 0 Å². The van der Waals surface area contributed by atoms with Crippen molar-refractivity contribution in [1.82, 2.24) is 4.90 Å². The van der Waals surface area contributed by atoms with E-state index in [1.807, 2.05) is 0 Å². The van der Waals surface area contributed by atoms with Gasteiger partial charge in [0, 0.05) is 43.8 Å². The Balaban J connectivity index is 1.68. The zero-order valence-corrected chi connectivity index (χ0v) is 11.8. The third kappa shape index (κ3) is 2.50. The molecule has 1 aromatic rings. The number of hydrogen-bond acceptors (Lipinski definition) is 2. The maximum absolute atomic E-state index is 5.88. The molecule has 0 spiro atoms. The summed E-state index contributed by atoms with van der Waals surface area (Å²) in [7, 11) is 0. The Hall–Kier alpha value is -0.730. The largest absolute Gasteiger partial charge is 0.369 e. The van der Waals surface area contributed by atoms with E-state index in [1.54, 1.807) is 0 Å². The van der Waals surface area contributed by atoms with Gasteiger partial charge in [-0.05, 0) is 37.0 Å². The molecule has 0 N–H and O–H groups in total. The molecule has 3 heteroatoms. The van der Waals surface area contributed by atoms with E-state index < -0.39 is 0 Å². The first kappa shape index (κ1) is 12.3. The van der Waals surface area contributed by atoms with Gasteiger partial charge in [-0.3, -0.25) is 4.90 Å². The average molecular weight is 265 g/mol. The Bertz CT molecular complexity index is 421. The lowest BCUT2D eigenvalue weighted by Gasteiger charge is -2.37. The maximum atomic E-state index is 5.88. The molecule has 0 atom stereocenters. The molecule has 18 heavy (non-hydrogen) atoms. The van der Waals surface area contributed by atoms with Crippen LogP contribution in [-0.4, -0.2) is 37.1 Å². The molecule has 0 bridgehead atoms. The molecule has 2 aliphatic rings. The Morgan fingerprint density at radius 2 is 1.89 bits per heavy atom. The van der Waals surface area contributed by atoms with Crippen molar-refractivity contribution in [3.8, 4) is 0 Å². The minimum absolute atomic E-state index is 0.608. The molecular formula is C15H21ClN2. The number of anilines is 1. The molecule has 3 rings (SSSR count). The topological polar surface area (TPSA) is 6.48 Å². The monoisotopic (exact) mass is 264 g/mol. The number of halogens is 1. The van der Waals surface area contributed by atoms with Crippen LogP contribution < -0.4 is 4.90 Å². The summed E-state index contributed by atoms with van der Waals surface area (Å²) < 4.78 is 0. The van der Waals surface area contributed by atoms with Crippen LogP contribution in [0.2, 0.25) is 0 Å². The number of piperazine rings is 1. The van der Waals surface area contributed by atoms with Crippen LogP contribution in [0.25, 0.3) is 0 Å². The van der Waals surface area contributed by atoms with Gasteiger partial charge in [-0.1, -0.05) is 12.1 Å². The van der Waals surface area contributed by atoms with Crippen LogP contribution in [0.5, 0.6) is 0 Å². The predicted molar refractivity (Wildman–Crippen MR) is 77.5 cm³/mol. The molecule has 1 aromatic carbocycles. The van der Waals surface area contributed by atoms with Crippen molar-refractivity contribution >= 4 is 17.3 Å². The standard InChI is InChI=1S/C15H21ClN2/c1-12-10-13(11-16)2-5-15(12)18-8-6-17(7-9-18)14-3-4-14/h2,5,10,14H,3-4,6-9,11H2,1H3. The van der Waals surface area contributed by atoms with Crippen LogP contribution in [0.15, 0.2) is 18.2 Å². The molecule has 1 saturated heterocycles. The van der Waals surface area contributed by atoms with Gasteiger partial charge in [0.25, 0.3) is 0 Å². The first-order chi connectivity index (χ1) is 8.78. The highest BCUT2D eigenvalue weighted by molar-refractivity contribution is 6.17. The van der Waals surface area contributed by atoms with E-state index in [-0.39, 0.29) is 0 Å². The summed E-state index contributed by atoms with van der Waals surface area (Å²) in [6, 6.07) is 7.52. The summed E-state index contributed by atoms with van der Waals surface area (Å²) >= 11 is 5.88. The molecule has 0 amide bonds. The van der Waals surface area contributed by atoms with Crippen LogP contribution in [-0.2, 0) is 5.88 Å². The zero-order chi connectivity index (χ0) is 12.5. The van der Waals surface area contributed by atoms with Gasteiger partial charge in [0.2, 0.25) is 0 Å². The minimum Gasteiger partial charge on any atom is -0.369 e. The fourth-order valence-electron chi connectivity index (χ4n) is 2.92. The fourth-order valence-corrected chi connectivity index (χ4v) is 3.09. The average Bonchev–Trinajstić information content (AvgIpc) is 3.23. The molecule has 2 fully saturated rings. The third-order valence-corrected chi connectivity index (χ3v) is 4.44. The van der Waals surface area contributed by atoms with Gasteiger partial charge in [0.05, 0.1) is 0 Å². The van der Waals surface area contributed by atoms with Gasteiger partial charge in [-0.2, -0.15) is 0 Å². The molecule has 0 aromatic heterocycles. The zero-order valence-electron chi connectivity index (χ0n) is 11.0. The molecule has 0 radical (unpaired) electrons. The van der Waals surface area contributed by atoms with Gasteiger partial charge in [0.1, 0.15) is 0 Å². The van der Waals surface area contributed by atoms with E-state index in [1.165, 1.54) is 42.7 Å². The van der Waals surface area contributed by atoms with Crippen molar-refractivity contribution in [3.63, 3.8) is 0 Å². The van der Waals surface area contributed by atoms with Crippen molar-refractivity contribution in [1.29, 1.82) is 0 Å². The summed E-state index contributed by atoms with van der Waals surface area (Å²) in [5, 5.41) is 0. The number of nitrogens with zero attached hydrogens (tertiary/aromatic N) is 2. The van der Waals surface area contributed by atoms with Gasteiger partial charge in [-0.25, -0.2) is 0 Å². The molecule has 1 aliphatic carbocycles. The first-order valence-corrected chi connectivity index (χ1v) is 7.46. The van der Waals surface area contributed by atoms with Crippen LogP contribution in [0.3, 0.4) is 0 Å². The summed E-state index contributed by atoms with van der Waals surface area (Å²) in [5.74, 6) is 0.608. The Labute approximate surface area is 115 Å². The highest BCUT2D eigenvalue weighted by Gasteiger charge is 2.31. The third-order valence-electron chi connectivity index (χ3n) is 4.13. The smallest absolute Gasteiger partial charge is 0.0474 e. The highest BCUT2D eigenvalue weighted by atomic mass is 35.5. The lowest BCUT2D eigenvalue weighted by Crippen LogP contribution is -2.47. The van der Waals surface area contributed by atoms with Gasteiger partial charge in [0.15, 0.2) is 0 Å². The summed E-state index contributed by atoms with van der Waals surface area (Å²) in [4.78, 5) is 5.17. The second kappa shape index (κ2) is 5.10. The quantitative estimate of drug-likeness (QED) is 0.775. The molecule has 1 heterocycles. The van der Waals surface area contributed by atoms with E-state index in [9.17, 15) is 0 Å². The summed E-state index contributed by atoms with van der Waals surface area (Å²) in [6.45, 7) is 6.97. The van der Waals surface area contributed by atoms with Crippen LogP contribution in [0, 0.1) is 6.92 Å². The summed E-state index contributed by atoms with van der Waals surface area (Å²) in [6.07, 6.45) is 2.84. The predicted octanol–water partition coefficient (Wildman–Crippen LogP) is 3.02. The maximum Gasteiger partial charge on any atom is 0.0474 e. The fraction of sp³-hybridized carbons (Fsp3) is 0.600. The Morgan fingerprint density at radius 3 is 2.44 bits per heavy atom. The molecular weight excluding hydrogens is 244 g/mol. The molecule has 0 unspecified atom stereocenters. The van der Waals surface area contributed by atoms with Gasteiger partial charge < -0.3 is 4.90 Å². The SMILES string of the molecule is Cc1cc(CCl)ccc1N1CCN(C2CC2)CC1. The Kier molecular flexibility index (Phi) is 3.49. The van der Waals surface area contributed by atoms with Crippen molar-refractivity contribution in [3.05, 3.63) is 29.3 Å². The lowest BCUT2D eigenvalue weighted by molar-refractivity contribution is 0.248. The van der Waals surface area contributed by atoms with Gasteiger partial charge in [-0.15, -0.1) is 11.6 Å². The van der Waals surface area contributed by atoms with E-state index in [4.69, 9.17) is 11.6 Å². The highest BCUT2D eigenvalue weighted by Crippen LogP contribution is 2.29. The molecule has 1 saturated carbocycles.